The smallest absolute Gasteiger partial charge is 0.0633 e. The van der Waals surface area contributed by atoms with E-state index in [0.717, 1.165) is 17.8 Å². The standard InChI is InChI=1S/C11H17N3/c1-8-6-14-11(7-13-8)9-4-2-3-5-10(9)12/h6-7,9-10H,2-5,12H2,1H3. The summed E-state index contributed by atoms with van der Waals surface area (Å²) < 4.78 is 0. The summed E-state index contributed by atoms with van der Waals surface area (Å²) in [6, 6.07) is 0.278. The van der Waals surface area contributed by atoms with Crippen molar-refractivity contribution in [1.82, 2.24) is 9.97 Å². The predicted molar refractivity (Wildman–Crippen MR) is 56.0 cm³/mol. The number of aromatic nitrogens is 2. The largest absolute Gasteiger partial charge is 0.327 e. The minimum atomic E-state index is 0.278. The van der Waals surface area contributed by atoms with Crippen LogP contribution in [0.15, 0.2) is 12.4 Å². The molecule has 1 heterocycles. The second-order valence-corrected chi connectivity index (χ2v) is 4.14. The molecule has 0 saturated heterocycles. The Morgan fingerprint density at radius 2 is 2.00 bits per heavy atom. The van der Waals surface area contributed by atoms with Crippen LogP contribution in [0.1, 0.15) is 43.0 Å². The minimum absolute atomic E-state index is 0.278. The zero-order chi connectivity index (χ0) is 9.97. The van der Waals surface area contributed by atoms with Gasteiger partial charge in [0.2, 0.25) is 0 Å². The first kappa shape index (κ1) is 9.59. The maximum absolute atomic E-state index is 6.08. The fraction of sp³-hybridized carbons (Fsp3) is 0.636. The van der Waals surface area contributed by atoms with Crippen LogP contribution < -0.4 is 5.73 Å². The van der Waals surface area contributed by atoms with Gasteiger partial charge in [0.05, 0.1) is 11.4 Å². The Kier molecular flexibility index (Phi) is 2.77. The number of nitrogens with zero attached hydrogens (tertiary/aromatic N) is 2. The van der Waals surface area contributed by atoms with Crippen LogP contribution in [-0.4, -0.2) is 16.0 Å². The van der Waals surface area contributed by atoms with E-state index in [1.165, 1.54) is 19.3 Å². The average Bonchev–Trinajstić information content (AvgIpc) is 2.20. The number of nitrogens with two attached hydrogens (primary N) is 1. The van der Waals surface area contributed by atoms with Gasteiger partial charge in [-0.1, -0.05) is 12.8 Å². The molecule has 14 heavy (non-hydrogen) atoms. The van der Waals surface area contributed by atoms with Gasteiger partial charge >= 0.3 is 0 Å². The molecular weight excluding hydrogens is 174 g/mol. The van der Waals surface area contributed by atoms with E-state index in [9.17, 15) is 0 Å². The molecule has 1 fully saturated rings. The first-order chi connectivity index (χ1) is 6.77. The van der Waals surface area contributed by atoms with Gasteiger partial charge in [0, 0.05) is 24.4 Å². The number of hydrogen-bond donors (Lipinski definition) is 1. The molecule has 0 spiro atoms. The summed E-state index contributed by atoms with van der Waals surface area (Å²) in [5.41, 5.74) is 8.12. The number of aryl methyl sites for hydroxylation is 1. The van der Waals surface area contributed by atoms with Crippen molar-refractivity contribution in [3.63, 3.8) is 0 Å². The topological polar surface area (TPSA) is 51.8 Å². The highest BCUT2D eigenvalue weighted by molar-refractivity contribution is 5.10. The summed E-state index contributed by atoms with van der Waals surface area (Å²) >= 11 is 0. The van der Waals surface area contributed by atoms with Gasteiger partial charge < -0.3 is 5.73 Å². The molecule has 1 saturated carbocycles. The quantitative estimate of drug-likeness (QED) is 0.736. The van der Waals surface area contributed by atoms with Gasteiger partial charge in [0.25, 0.3) is 0 Å². The molecule has 3 nitrogen and oxygen atoms in total. The third-order valence-corrected chi connectivity index (χ3v) is 3.00. The molecule has 1 aromatic rings. The fourth-order valence-corrected chi connectivity index (χ4v) is 2.12. The van der Waals surface area contributed by atoms with Crippen molar-refractivity contribution >= 4 is 0 Å². The summed E-state index contributed by atoms with van der Waals surface area (Å²) in [4.78, 5) is 8.68. The van der Waals surface area contributed by atoms with E-state index >= 15 is 0 Å². The van der Waals surface area contributed by atoms with Crippen LogP contribution in [0.2, 0.25) is 0 Å². The van der Waals surface area contributed by atoms with Crippen molar-refractivity contribution < 1.29 is 0 Å². The van der Waals surface area contributed by atoms with Crippen LogP contribution >= 0.6 is 0 Å². The second kappa shape index (κ2) is 4.05. The minimum Gasteiger partial charge on any atom is -0.327 e. The average molecular weight is 191 g/mol. The molecule has 1 aliphatic rings. The van der Waals surface area contributed by atoms with E-state index in [0.29, 0.717) is 5.92 Å². The zero-order valence-corrected chi connectivity index (χ0v) is 8.61. The Labute approximate surface area is 84.8 Å². The lowest BCUT2D eigenvalue weighted by Crippen LogP contribution is -2.31. The first-order valence-corrected chi connectivity index (χ1v) is 5.31. The second-order valence-electron chi connectivity index (χ2n) is 4.14. The van der Waals surface area contributed by atoms with Crippen LogP contribution in [-0.2, 0) is 0 Å². The Hall–Kier alpha value is -0.960. The normalized spacial score (nSPS) is 27.6. The van der Waals surface area contributed by atoms with E-state index < -0.39 is 0 Å². The van der Waals surface area contributed by atoms with Crippen LogP contribution in [0.5, 0.6) is 0 Å². The third kappa shape index (κ3) is 1.93. The number of rotatable bonds is 1. The SMILES string of the molecule is Cc1cnc(C2CCCCC2N)cn1. The van der Waals surface area contributed by atoms with Crippen molar-refractivity contribution in [2.75, 3.05) is 0 Å². The highest BCUT2D eigenvalue weighted by atomic mass is 14.8. The molecule has 2 atom stereocenters. The van der Waals surface area contributed by atoms with Crippen molar-refractivity contribution in [1.29, 1.82) is 0 Å². The first-order valence-electron chi connectivity index (χ1n) is 5.31. The van der Waals surface area contributed by atoms with Crippen molar-refractivity contribution in [3.8, 4) is 0 Å². The van der Waals surface area contributed by atoms with Crippen LogP contribution in [0, 0.1) is 6.92 Å². The van der Waals surface area contributed by atoms with Crippen molar-refractivity contribution in [3.05, 3.63) is 23.8 Å². The van der Waals surface area contributed by atoms with E-state index in [4.69, 9.17) is 5.73 Å². The molecule has 1 aromatic heterocycles. The van der Waals surface area contributed by atoms with Gasteiger partial charge in [-0.25, -0.2) is 0 Å². The molecule has 76 valence electrons. The maximum atomic E-state index is 6.08. The zero-order valence-electron chi connectivity index (χ0n) is 8.61. The molecule has 1 aliphatic carbocycles. The molecule has 0 aromatic carbocycles. The van der Waals surface area contributed by atoms with Crippen LogP contribution in [0.25, 0.3) is 0 Å². The highest BCUT2D eigenvalue weighted by Gasteiger charge is 2.24. The van der Waals surface area contributed by atoms with Gasteiger partial charge in [-0.05, 0) is 19.8 Å². The van der Waals surface area contributed by atoms with Gasteiger partial charge in [-0.15, -0.1) is 0 Å². The molecule has 3 heteroatoms. The molecular formula is C11H17N3. The van der Waals surface area contributed by atoms with Crippen molar-refractivity contribution in [2.24, 2.45) is 5.73 Å². The van der Waals surface area contributed by atoms with Crippen molar-refractivity contribution in [2.45, 2.75) is 44.6 Å². The molecule has 2 N–H and O–H groups in total. The fourth-order valence-electron chi connectivity index (χ4n) is 2.12. The predicted octanol–water partition coefficient (Wildman–Crippen LogP) is 1.77. The molecule has 0 amide bonds. The lowest BCUT2D eigenvalue weighted by atomic mass is 9.83. The Morgan fingerprint density at radius 1 is 1.21 bits per heavy atom. The molecule has 0 bridgehead atoms. The summed E-state index contributed by atoms with van der Waals surface area (Å²) in [5.74, 6) is 0.428. The van der Waals surface area contributed by atoms with E-state index in [1.54, 1.807) is 0 Å². The monoisotopic (exact) mass is 191 g/mol. The van der Waals surface area contributed by atoms with Gasteiger partial charge in [0.1, 0.15) is 0 Å². The summed E-state index contributed by atoms with van der Waals surface area (Å²) in [6.07, 6.45) is 8.53. The molecule has 0 aliphatic heterocycles. The third-order valence-electron chi connectivity index (χ3n) is 3.00. The summed E-state index contributed by atoms with van der Waals surface area (Å²) in [5, 5.41) is 0. The molecule has 0 radical (unpaired) electrons. The Balaban J connectivity index is 2.16. The summed E-state index contributed by atoms with van der Waals surface area (Å²) in [7, 11) is 0. The van der Waals surface area contributed by atoms with E-state index in [2.05, 4.69) is 9.97 Å². The number of hydrogen-bond acceptors (Lipinski definition) is 3. The van der Waals surface area contributed by atoms with E-state index in [-0.39, 0.29) is 6.04 Å². The van der Waals surface area contributed by atoms with Gasteiger partial charge in [-0.3, -0.25) is 9.97 Å². The van der Waals surface area contributed by atoms with Crippen LogP contribution in [0.3, 0.4) is 0 Å². The van der Waals surface area contributed by atoms with E-state index in [1.807, 2.05) is 19.3 Å². The summed E-state index contributed by atoms with van der Waals surface area (Å²) in [6.45, 7) is 1.96. The van der Waals surface area contributed by atoms with Gasteiger partial charge in [0.15, 0.2) is 0 Å². The molecule has 2 unspecified atom stereocenters. The lowest BCUT2D eigenvalue weighted by Gasteiger charge is -2.27. The molecule has 2 rings (SSSR count). The lowest BCUT2D eigenvalue weighted by molar-refractivity contribution is 0.379. The maximum Gasteiger partial charge on any atom is 0.0633 e. The Morgan fingerprint density at radius 3 is 2.64 bits per heavy atom. The van der Waals surface area contributed by atoms with Crippen LogP contribution in [0.4, 0.5) is 0 Å². The highest BCUT2D eigenvalue weighted by Crippen LogP contribution is 2.30. The van der Waals surface area contributed by atoms with Gasteiger partial charge in [-0.2, -0.15) is 0 Å². The Bertz CT molecular complexity index is 294.